The second kappa shape index (κ2) is 5.44. The average Bonchev–Trinajstić information content (AvgIpc) is 2.16. The topological polar surface area (TPSA) is 37.3 Å². The maximum Gasteiger partial charge on any atom is 0.307 e. The molecule has 0 aliphatic carbocycles. The van der Waals surface area contributed by atoms with Crippen molar-refractivity contribution in [3.63, 3.8) is 0 Å². The molecular weight excluding hydrogens is 202 g/mol. The van der Waals surface area contributed by atoms with Gasteiger partial charge >= 0.3 is 5.97 Å². The lowest BCUT2D eigenvalue weighted by Crippen LogP contribution is -2.00. The van der Waals surface area contributed by atoms with Crippen molar-refractivity contribution in [2.75, 3.05) is 0 Å². The van der Waals surface area contributed by atoms with Gasteiger partial charge in [0, 0.05) is 6.42 Å². The third-order valence-electron chi connectivity index (χ3n) is 2.03. The van der Waals surface area contributed by atoms with E-state index in [0.717, 1.165) is 5.56 Å². The zero-order chi connectivity index (χ0) is 11.3. The molecule has 0 bridgehead atoms. The molecule has 0 heterocycles. The van der Waals surface area contributed by atoms with E-state index in [-0.39, 0.29) is 12.8 Å². The monoisotopic (exact) mass is 214 g/mol. The Morgan fingerprint density at radius 2 is 1.73 bits per heavy atom. The summed E-state index contributed by atoms with van der Waals surface area (Å²) in [5.74, 6) is -0.893. The number of carbonyl (C=O) groups is 1. The Bertz CT molecular complexity index is 320. The van der Waals surface area contributed by atoms with Crippen LogP contribution in [0.1, 0.15) is 17.5 Å². The lowest BCUT2D eigenvalue weighted by atomic mass is 10.1. The average molecular weight is 214 g/mol. The van der Waals surface area contributed by atoms with E-state index in [0.29, 0.717) is 12.0 Å². The molecule has 0 amide bonds. The van der Waals surface area contributed by atoms with Gasteiger partial charge in [0.1, 0.15) is 0 Å². The molecule has 0 spiro atoms. The van der Waals surface area contributed by atoms with E-state index in [9.17, 15) is 13.6 Å². The van der Waals surface area contributed by atoms with E-state index in [2.05, 4.69) is 0 Å². The van der Waals surface area contributed by atoms with Crippen molar-refractivity contribution in [1.29, 1.82) is 0 Å². The zero-order valence-corrected chi connectivity index (χ0v) is 8.12. The third-order valence-corrected chi connectivity index (χ3v) is 2.03. The number of rotatable bonds is 5. The van der Waals surface area contributed by atoms with Crippen LogP contribution in [0.15, 0.2) is 24.3 Å². The van der Waals surface area contributed by atoms with Crippen molar-refractivity contribution < 1.29 is 18.7 Å². The fraction of sp³-hybridized carbons (Fsp3) is 0.364. The standard InChI is InChI=1S/C11H12F2O2/c12-10(13)6-5-8-1-3-9(4-2-8)7-11(14)15/h1-4,10H,5-7H2,(H,14,15). The van der Waals surface area contributed by atoms with Crippen molar-refractivity contribution >= 4 is 5.97 Å². The van der Waals surface area contributed by atoms with Crippen molar-refractivity contribution in [2.24, 2.45) is 0 Å². The van der Waals surface area contributed by atoms with E-state index >= 15 is 0 Å². The minimum atomic E-state index is -2.29. The number of benzene rings is 1. The van der Waals surface area contributed by atoms with Crippen LogP contribution in [0, 0.1) is 0 Å². The Morgan fingerprint density at radius 3 is 2.20 bits per heavy atom. The van der Waals surface area contributed by atoms with Crippen molar-refractivity contribution in [2.45, 2.75) is 25.7 Å². The van der Waals surface area contributed by atoms with Crippen LogP contribution in [0.3, 0.4) is 0 Å². The Kier molecular flexibility index (Phi) is 4.21. The molecule has 1 aromatic carbocycles. The number of alkyl halides is 2. The quantitative estimate of drug-likeness (QED) is 0.817. The van der Waals surface area contributed by atoms with Crippen molar-refractivity contribution in [3.8, 4) is 0 Å². The lowest BCUT2D eigenvalue weighted by molar-refractivity contribution is -0.136. The summed E-state index contributed by atoms with van der Waals surface area (Å²) in [6.45, 7) is 0. The van der Waals surface area contributed by atoms with Gasteiger partial charge in [-0.3, -0.25) is 4.79 Å². The van der Waals surface area contributed by atoms with Crippen LogP contribution >= 0.6 is 0 Å². The molecule has 0 fully saturated rings. The second-order valence-corrected chi connectivity index (χ2v) is 3.32. The van der Waals surface area contributed by atoms with Crippen LogP contribution < -0.4 is 0 Å². The Hall–Kier alpha value is -1.45. The molecule has 15 heavy (non-hydrogen) atoms. The molecule has 1 aromatic rings. The highest BCUT2D eigenvalue weighted by molar-refractivity contribution is 5.70. The predicted octanol–water partition coefficient (Wildman–Crippen LogP) is 2.51. The van der Waals surface area contributed by atoms with Gasteiger partial charge in [0.15, 0.2) is 0 Å². The number of aryl methyl sites for hydroxylation is 1. The molecule has 0 unspecified atom stereocenters. The number of carboxylic acids is 1. The lowest BCUT2D eigenvalue weighted by Gasteiger charge is -2.02. The minimum Gasteiger partial charge on any atom is -0.481 e. The molecule has 1 rings (SSSR count). The number of aliphatic carboxylic acids is 1. The van der Waals surface area contributed by atoms with Gasteiger partial charge < -0.3 is 5.11 Å². The van der Waals surface area contributed by atoms with Gasteiger partial charge in [0.25, 0.3) is 0 Å². The first kappa shape index (κ1) is 11.6. The minimum absolute atomic E-state index is 0.0326. The van der Waals surface area contributed by atoms with Gasteiger partial charge in [0.05, 0.1) is 6.42 Å². The van der Waals surface area contributed by atoms with Crippen LogP contribution in [0.5, 0.6) is 0 Å². The molecule has 2 nitrogen and oxygen atoms in total. The van der Waals surface area contributed by atoms with Gasteiger partial charge in [-0.15, -0.1) is 0 Å². The Morgan fingerprint density at radius 1 is 1.20 bits per heavy atom. The van der Waals surface area contributed by atoms with E-state index in [4.69, 9.17) is 5.11 Å². The summed E-state index contributed by atoms with van der Waals surface area (Å²) in [7, 11) is 0. The first-order valence-corrected chi connectivity index (χ1v) is 4.65. The predicted molar refractivity (Wildman–Crippen MR) is 52.1 cm³/mol. The molecule has 82 valence electrons. The van der Waals surface area contributed by atoms with Gasteiger partial charge in [-0.2, -0.15) is 0 Å². The van der Waals surface area contributed by atoms with Gasteiger partial charge in [-0.05, 0) is 17.5 Å². The molecule has 0 aliphatic rings. The third kappa shape index (κ3) is 4.54. The number of hydrogen-bond donors (Lipinski definition) is 1. The molecule has 0 atom stereocenters. The number of halogens is 2. The highest BCUT2D eigenvalue weighted by Crippen LogP contribution is 2.10. The van der Waals surface area contributed by atoms with Gasteiger partial charge in [-0.25, -0.2) is 8.78 Å². The van der Waals surface area contributed by atoms with Crippen LogP contribution in [-0.2, 0) is 17.6 Å². The van der Waals surface area contributed by atoms with Gasteiger partial charge in [-0.1, -0.05) is 24.3 Å². The molecule has 4 heteroatoms. The van der Waals surface area contributed by atoms with E-state index in [1.807, 2.05) is 0 Å². The fourth-order valence-electron chi connectivity index (χ4n) is 1.27. The SMILES string of the molecule is O=C(O)Cc1ccc(CCC(F)F)cc1. The largest absolute Gasteiger partial charge is 0.481 e. The highest BCUT2D eigenvalue weighted by Gasteiger charge is 2.04. The molecule has 0 radical (unpaired) electrons. The van der Waals surface area contributed by atoms with E-state index < -0.39 is 12.4 Å². The molecule has 0 saturated carbocycles. The second-order valence-electron chi connectivity index (χ2n) is 3.32. The first-order valence-electron chi connectivity index (χ1n) is 4.65. The highest BCUT2D eigenvalue weighted by atomic mass is 19.3. The van der Waals surface area contributed by atoms with E-state index in [1.165, 1.54) is 0 Å². The summed E-state index contributed by atoms with van der Waals surface area (Å²) in [6.07, 6.45) is -2.15. The smallest absolute Gasteiger partial charge is 0.307 e. The van der Waals surface area contributed by atoms with Crippen LogP contribution in [0.25, 0.3) is 0 Å². The summed E-state index contributed by atoms with van der Waals surface area (Å²) >= 11 is 0. The summed E-state index contributed by atoms with van der Waals surface area (Å²) in [5, 5.41) is 8.51. The molecule has 0 aliphatic heterocycles. The molecule has 0 saturated heterocycles. The molecule has 1 N–H and O–H groups in total. The summed E-state index contributed by atoms with van der Waals surface area (Å²) in [6, 6.07) is 6.71. The molecular formula is C11H12F2O2. The van der Waals surface area contributed by atoms with Crippen molar-refractivity contribution in [1.82, 2.24) is 0 Å². The summed E-state index contributed by atoms with van der Waals surface area (Å²) in [5.41, 5.74) is 1.49. The summed E-state index contributed by atoms with van der Waals surface area (Å²) in [4.78, 5) is 10.4. The zero-order valence-electron chi connectivity index (χ0n) is 8.12. The number of hydrogen-bond acceptors (Lipinski definition) is 1. The van der Waals surface area contributed by atoms with E-state index in [1.54, 1.807) is 24.3 Å². The van der Waals surface area contributed by atoms with Crippen LogP contribution in [0.4, 0.5) is 8.78 Å². The van der Waals surface area contributed by atoms with Crippen LogP contribution in [0.2, 0.25) is 0 Å². The van der Waals surface area contributed by atoms with Crippen LogP contribution in [-0.4, -0.2) is 17.5 Å². The summed E-state index contributed by atoms with van der Waals surface area (Å²) < 4.78 is 23.8. The maximum absolute atomic E-state index is 11.9. The van der Waals surface area contributed by atoms with Gasteiger partial charge in [0.2, 0.25) is 6.43 Å². The molecule has 0 aromatic heterocycles. The first-order chi connectivity index (χ1) is 7.08. The number of carboxylic acid groups (broad SMARTS) is 1. The Balaban J connectivity index is 2.52. The Labute approximate surface area is 86.5 Å². The van der Waals surface area contributed by atoms with Crippen molar-refractivity contribution in [3.05, 3.63) is 35.4 Å². The normalized spacial score (nSPS) is 10.6. The fourth-order valence-corrected chi connectivity index (χ4v) is 1.27. The maximum atomic E-state index is 11.9.